The van der Waals surface area contributed by atoms with Gasteiger partial charge < -0.3 is 20.3 Å². The van der Waals surface area contributed by atoms with Gasteiger partial charge in [0.15, 0.2) is 0 Å². The highest BCUT2D eigenvalue weighted by atomic mass is 16.5. The fraction of sp³-hybridized carbons (Fsp3) is 0.263. The number of benzene rings is 2. The molecule has 6 nitrogen and oxygen atoms in total. The number of ether oxygens (including phenoxy) is 1. The van der Waals surface area contributed by atoms with E-state index in [9.17, 15) is 9.59 Å². The van der Waals surface area contributed by atoms with Gasteiger partial charge in [-0.2, -0.15) is 0 Å². The Morgan fingerprint density at radius 1 is 1.04 bits per heavy atom. The molecule has 2 N–H and O–H groups in total. The van der Waals surface area contributed by atoms with Crippen LogP contribution in [0.5, 0.6) is 5.75 Å². The highest BCUT2D eigenvalue weighted by Gasteiger charge is 2.14. The van der Waals surface area contributed by atoms with Crippen molar-refractivity contribution in [3.63, 3.8) is 0 Å². The van der Waals surface area contributed by atoms with Crippen molar-refractivity contribution in [2.45, 2.75) is 13.5 Å². The largest absolute Gasteiger partial charge is 0.497 e. The molecule has 2 aromatic rings. The van der Waals surface area contributed by atoms with E-state index in [1.54, 1.807) is 31.4 Å². The van der Waals surface area contributed by atoms with Crippen molar-refractivity contribution in [2.24, 2.45) is 0 Å². The maximum absolute atomic E-state index is 12.0. The molecule has 2 amide bonds. The number of carbonyl (C=O) groups excluding carboxylic acids is 2. The summed E-state index contributed by atoms with van der Waals surface area (Å²) in [5, 5.41) is 5.22. The molecule has 0 saturated carbocycles. The first-order chi connectivity index (χ1) is 12.0. The van der Waals surface area contributed by atoms with Crippen molar-refractivity contribution in [3.8, 4) is 5.75 Å². The van der Waals surface area contributed by atoms with E-state index in [0.717, 1.165) is 17.8 Å². The summed E-state index contributed by atoms with van der Waals surface area (Å²) in [6.07, 6.45) is 0. The molecule has 0 unspecified atom stereocenters. The Morgan fingerprint density at radius 2 is 1.72 bits per heavy atom. The van der Waals surface area contributed by atoms with Gasteiger partial charge in [-0.1, -0.05) is 18.2 Å². The Bertz CT molecular complexity index is 729. The molecular weight excluding hydrogens is 318 g/mol. The predicted octanol–water partition coefficient (Wildman–Crippen LogP) is 2.41. The maximum atomic E-state index is 12.0. The third kappa shape index (κ3) is 4.97. The molecule has 0 aliphatic carbocycles. The number of nitrogens with zero attached hydrogens (tertiary/aromatic N) is 1. The van der Waals surface area contributed by atoms with Gasteiger partial charge in [0.1, 0.15) is 5.75 Å². The van der Waals surface area contributed by atoms with Gasteiger partial charge >= 0.3 is 11.8 Å². The van der Waals surface area contributed by atoms with Gasteiger partial charge in [-0.25, -0.2) is 0 Å². The Hall–Kier alpha value is -3.02. The van der Waals surface area contributed by atoms with Gasteiger partial charge in [0.2, 0.25) is 0 Å². The summed E-state index contributed by atoms with van der Waals surface area (Å²) in [5.41, 5.74) is 2.52. The molecule has 0 fully saturated rings. The molecule has 0 atom stereocenters. The second-order valence-electron chi connectivity index (χ2n) is 5.51. The van der Waals surface area contributed by atoms with Gasteiger partial charge in [-0.05, 0) is 42.8 Å². The zero-order valence-electron chi connectivity index (χ0n) is 14.7. The van der Waals surface area contributed by atoms with Crippen LogP contribution in [0, 0.1) is 0 Å². The molecule has 0 bridgehead atoms. The van der Waals surface area contributed by atoms with Crippen molar-refractivity contribution in [2.75, 3.05) is 30.9 Å². The Morgan fingerprint density at radius 3 is 2.36 bits per heavy atom. The van der Waals surface area contributed by atoms with Crippen molar-refractivity contribution >= 4 is 23.2 Å². The molecule has 0 heterocycles. The average molecular weight is 341 g/mol. The van der Waals surface area contributed by atoms with E-state index in [0.29, 0.717) is 11.4 Å². The molecule has 2 rings (SSSR count). The number of hydrogen-bond acceptors (Lipinski definition) is 4. The molecule has 25 heavy (non-hydrogen) atoms. The number of hydrogen-bond donors (Lipinski definition) is 2. The zero-order valence-corrected chi connectivity index (χ0v) is 14.7. The summed E-state index contributed by atoms with van der Waals surface area (Å²) in [6.45, 7) is 3.19. The first-order valence-electron chi connectivity index (χ1n) is 8.07. The molecule has 6 heteroatoms. The van der Waals surface area contributed by atoms with Crippen LogP contribution in [0.3, 0.4) is 0 Å². The number of carbonyl (C=O) groups is 2. The molecule has 0 aliphatic rings. The van der Waals surface area contributed by atoms with Crippen LogP contribution in [0.4, 0.5) is 11.4 Å². The monoisotopic (exact) mass is 341 g/mol. The predicted molar refractivity (Wildman–Crippen MR) is 98.9 cm³/mol. The normalized spacial score (nSPS) is 10.0. The second kappa shape index (κ2) is 8.73. The Balaban J connectivity index is 1.94. The zero-order chi connectivity index (χ0) is 18.2. The molecule has 0 spiro atoms. The fourth-order valence-electron chi connectivity index (χ4n) is 2.32. The minimum absolute atomic E-state index is 0.287. The third-order valence-electron chi connectivity index (χ3n) is 3.87. The minimum Gasteiger partial charge on any atom is -0.497 e. The third-order valence-corrected chi connectivity index (χ3v) is 3.87. The maximum Gasteiger partial charge on any atom is 0.313 e. The molecular formula is C19H23N3O3. The van der Waals surface area contributed by atoms with Gasteiger partial charge in [-0.15, -0.1) is 0 Å². The first-order valence-corrected chi connectivity index (χ1v) is 8.07. The van der Waals surface area contributed by atoms with Crippen molar-refractivity contribution in [3.05, 3.63) is 54.1 Å². The van der Waals surface area contributed by atoms with Crippen LogP contribution >= 0.6 is 0 Å². The lowest BCUT2D eigenvalue weighted by Gasteiger charge is -2.20. The van der Waals surface area contributed by atoms with Crippen LogP contribution in [-0.2, 0) is 16.1 Å². The van der Waals surface area contributed by atoms with Crippen LogP contribution in [0.2, 0.25) is 0 Å². The number of nitrogens with one attached hydrogen (secondary N) is 2. The Labute approximate surface area is 147 Å². The van der Waals surface area contributed by atoms with Gasteiger partial charge in [-0.3, -0.25) is 9.59 Å². The average Bonchev–Trinajstić information content (AvgIpc) is 2.66. The van der Waals surface area contributed by atoms with E-state index in [2.05, 4.69) is 22.5 Å². The van der Waals surface area contributed by atoms with E-state index in [1.807, 2.05) is 31.3 Å². The first kappa shape index (κ1) is 18.3. The highest BCUT2D eigenvalue weighted by Crippen LogP contribution is 2.18. The molecule has 0 radical (unpaired) electrons. The lowest BCUT2D eigenvalue weighted by molar-refractivity contribution is -0.136. The summed E-state index contributed by atoms with van der Waals surface area (Å²) in [6, 6.07) is 14.6. The second-order valence-corrected chi connectivity index (χ2v) is 5.51. The lowest BCUT2D eigenvalue weighted by atomic mass is 10.1. The van der Waals surface area contributed by atoms with Crippen molar-refractivity contribution in [1.82, 2.24) is 5.32 Å². The van der Waals surface area contributed by atoms with Crippen LogP contribution in [-0.4, -0.2) is 32.5 Å². The van der Waals surface area contributed by atoms with Gasteiger partial charge in [0.05, 0.1) is 7.11 Å². The van der Waals surface area contributed by atoms with Crippen molar-refractivity contribution < 1.29 is 14.3 Å². The topological polar surface area (TPSA) is 70.7 Å². The molecule has 132 valence electrons. The van der Waals surface area contributed by atoms with E-state index >= 15 is 0 Å². The summed E-state index contributed by atoms with van der Waals surface area (Å²) < 4.78 is 5.05. The van der Waals surface area contributed by atoms with Crippen LogP contribution in [0.1, 0.15) is 12.5 Å². The number of para-hydroxylation sites is 1. The molecule has 0 aliphatic heterocycles. The SMILES string of the molecule is CCN(C)c1ccccc1CNC(=O)C(=O)Nc1ccc(OC)cc1. The van der Waals surface area contributed by atoms with E-state index in [1.165, 1.54) is 0 Å². The van der Waals surface area contributed by atoms with Gasteiger partial charge in [0.25, 0.3) is 0 Å². The standard InChI is InChI=1S/C19H23N3O3/c1-4-22(2)17-8-6-5-7-14(17)13-20-18(23)19(24)21-15-9-11-16(25-3)12-10-15/h5-12H,4,13H2,1-3H3,(H,20,23)(H,21,24). The Kier molecular flexibility index (Phi) is 6.39. The number of rotatable bonds is 6. The summed E-state index contributed by atoms with van der Waals surface area (Å²) in [4.78, 5) is 26.1. The van der Waals surface area contributed by atoms with E-state index in [4.69, 9.17) is 4.74 Å². The number of amides is 2. The van der Waals surface area contributed by atoms with Crippen LogP contribution < -0.4 is 20.3 Å². The lowest BCUT2D eigenvalue weighted by Crippen LogP contribution is -2.35. The van der Waals surface area contributed by atoms with Crippen LogP contribution in [0.15, 0.2) is 48.5 Å². The van der Waals surface area contributed by atoms with Gasteiger partial charge in [0, 0.05) is 31.5 Å². The highest BCUT2D eigenvalue weighted by molar-refractivity contribution is 6.39. The smallest absolute Gasteiger partial charge is 0.313 e. The fourth-order valence-corrected chi connectivity index (χ4v) is 2.32. The number of anilines is 2. The van der Waals surface area contributed by atoms with E-state index in [-0.39, 0.29) is 6.54 Å². The summed E-state index contributed by atoms with van der Waals surface area (Å²) in [7, 11) is 3.55. The minimum atomic E-state index is -0.702. The van der Waals surface area contributed by atoms with Crippen LogP contribution in [0.25, 0.3) is 0 Å². The summed E-state index contributed by atoms with van der Waals surface area (Å²) >= 11 is 0. The van der Waals surface area contributed by atoms with Crippen molar-refractivity contribution in [1.29, 1.82) is 0 Å². The number of methoxy groups -OCH3 is 1. The molecule has 0 aromatic heterocycles. The quantitative estimate of drug-likeness (QED) is 0.792. The molecule has 2 aromatic carbocycles. The summed E-state index contributed by atoms with van der Waals surface area (Å²) in [5.74, 6) is -0.699. The molecule has 0 saturated heterocycles. The van der Waals surface area contributed by atoms with E-state index < -0.39 is 11.8 Å².